The lowest BCUT2D eigenvalue weighted by molar-refractivity contribution is 0.419. The lowest BCUT2D eigenvalue weighted by Gasteiger charge is -2.14. The molecule has 0 unspecified atom stereocenters. The van der Waals surface area contributed by atoms with Crippen molar-refractivity contribution in [1.82, 2.24) is 5.16 Å². The van der Waals surface area contributed by atoms with E-state index in [-0.39, 0.29) is 5.41 Å². The van der Waals surface area contributed by atoms with E-state index < -0.39 is 0 Å². The second-order valence-electron chi connectivity index (χ2n) is 4.78. The number of hydrogen-bond acceptors (Lipinski definition) is 2. The second kappa shape index (κ2) is 2.84. The Morgan fingerprint density at radius 2 is 1.93 bits per heavy atom. The van der Waals surface area contributed by atoms with Crippen LogP contribution in [0.1, 0.15) is 32.0 Å². The van der Waals surface area contributed by atoms with Gasteiger partial charge in [0.25, 0.3) is 0 Å². The first-order valence-electron chi connectivity index (χ1n) is 4.85. The zero-order chi connectivity index (χ0) is 10.3. The van der Waals surface area contributed by atoms with E-state index in [1.165, 1.54) is 5.56 Å². The van der Waals surface area contributed by atoms with Gasteiger partial charge in [-0.3, -0.25) is 0 Å². The lowest BCUT2D eigenvalue weighted by Crippen LogP contribution is -2.11. The molecule has 0 atom stereocenters. The van der Waals surface area contributed by atoms with Gasteiger partial charge in [-0.05, 0) is 24.6 Å². The Morgan fingerprint density at radius 1 is 1.21 bits per heavy atom. The molecule has 2 aromatic rings. The van der Waals surface area contributed by atoms with Crippen LogP contribution in [-0.4, -0.2) is 5.16 Å². The summed E-state index contributed by atoms with van der Waals surface area (Å²) in [5.41, 5.74) is 3.16. The first-order valence-corrected chi connectivity index (χ1v) is 4.85. The third-order valence-corrected chi connectivity index (χ3v) is 2.34. The smallest absolute Gasteiger partial charge is 0.167 e. The van der Waals surface area contributed by atoms with Gasteiger partial charge >= 0.3 is 0 Å². The number of aromatic nitrogens is 1. The van der Waals surface area contributed by atoms with Crippen LogP contribution < -0.4 is 0 Å². The summed E-state index contributed by atoms with van der Waals surface area (Å²) in [4.78, 5) is 0. The molecule has 0 aliphatic carbocycles. The predicted octanol–water partition coefficient (Wildman–Crippen LogP) is 3.43. The highest BCUT2D eigenvalue weighted by Gasteiger charge is 2.21. The average molecular weight is 189 g/mol. The molecule has 0 fully saturated rings. The minimum atomic E-state index is 0.0422. The van der Waals surface area contributed by atoms with Crippen molar-refractivity contribution in [2.24, 2.45) is 0 Å². The monoisotopic (exact) mass is 189 g/mol. The SMILES string of the molecule is Cc1ccc2c(C(C)(C)C)noc2c1. The largest absolute Gasteiger partial charge is 0.356 e. The molecule has 1 aromatic carbocycles. The molecular formula is C12H15NO. The maximum atomic E-state index is 5.31. The number of hydrogen-bond donors (Lipinski definition) is 0. The standard InChI is InChI=1S/C12H15NO/c1-8-5-6-9-10(7-8)14-13-11(9)12(2,3)4/h5-7H,1-4H3. The highest BCUT2D eigenvalue weighted by Crippen LogP contribution is 2.29. The molecule has 0 saturated heterocycles. The van der Waals surface area contributed by atoms with Gasteiger partial charge in [0.2, 0.25) is 0 Å². The first-order chi connectivity index (χ1) is 6.48. The molecular weight excluding hydrogens is 174 g/mol. The van der Waals surface area contributed by atoms with Gasteiger partial charge in [0, 0.05) is 10.8 Å². The van der Waals surface area contributed by atoms with Gasteiger partial charge in [-0.1, -0.05) is 32.0 Å². The number of rotatable bonds is 0. The number of nitrogens with zero attached hydrogens (tertiary/aromatic N) is 1. The van der Waals surface area contributed by atoms with Crippen LogP contribution in [0.25, 0.3) is 11.0 Å². The predicted molar refractivity (Wildman–Crippen MR) is 57.4 cm³/mol. The van der Waals surface area contributed by atoms with Crippen molar-refractivity contribution in [2.45, 2.75) is 33.1 Å². The molecule has 2 heteroatoms. The van der Waals surface area contributed by atoms with Crippen LogP contribution in [0, 0.1) is 6.92 Å². The molecule has 2 nitrogen and oxygen atoms in total. The van der Waals surface area contributed by atoms with Crippen LogP contribution in [0.15, 0.2) is 22.7 Å². The molecule has 0 spiro atoms. The van der Waals surface area contributed by atoms with E-state index in [4.69, 9.17) is 4.52 Å². The van der Waals surface area contributed by atoms with Crippen molar-refractivity contribution in [3.63, 3.8) is 0 Å². The Bertz CT molecular complexity index is 463. The molecule has 1 heterocycles. The third-order valence-electron chi connectivity index (χ3n) is 2.34. The highest BCUT2D eigenvalue weighted by atomic mass is 16.5. The van der Waals surface area contributed by atoms with Gasteiger partial charge in [0.15, 0.2) is 5.58 Å². The topological polar surface area (TPSA) is 26.0 Å². The van der Waals surface area contributed by atoms with Crippen LogP contribution >= 0.6 is 0 Å². The Morgan fingerprint density at radius 3 is 2.57 bits per heavy atom. The Labute approximate surface area is 83.9 Å². The Kier molecular flexibility index (Phi) is 1.88. The molecule has 14 heavy (non-hydrogen) atoms. The van der Waals surface area contributed by atoms with Crippen LogP contribution in [0.2, 0.25) is 0 Å². The van der Waals surface area contributed by atoms with E-state index in [1.54, 1.807) is 0 Å². The van der Waals surface area contributed by atoms with Crippen molar-refractivity contribution in [3.05, 3.63) is 29.5 Å². The molecule has 74 valence electrons. The molecule has 0 aliphatic heterocycles. The van der Waals surface area contributed by atoms with Crippen molar-refractivity contribution in [2.75, 3.05) is 0 Å². The number of benzene rings is 1. The van der Waals surface area contributed by atoms with Crippen molar-refractivity contribution < 1.29 is 4.52 Å². The molecule has 0 radical (unpaired) electrons. The van der Waals surface area contributed by atoms with Gasteiger partial charge in [-0.25, -0.2) is 0 Å². The van der Waals surface area contributed by atoms with Gasteiger partial charge in [0.05, 0.1) is 5.69 Å². The quantitative estimate of drug-likeness (QED) is 0.634. The van der Waals surface area contributed by atoms with E-state index >= 15 is 0 Å². The molecule has 0 aliphatic rings. The average Bonchev–Trinajstić information content (AvgIpc) is 2.45. The molecule has 0 N–H and O–H groups in total. The van der Waals surface area contributed by atoms with Crippen LogP contribution in [-0.2, 0) is 5.41 Å². The maximum absolute atomic E-state index is 5.31. The summed E-state index contributed by atoms with van der Waals surface area (Å²) in [6.45, 7) is 8.48. The summed E-state index contributed by atoms with van der Waals surface area (Å²) in [7, 11) is 0. The van der Waals surface area contributed by atoms with Gasteiger partial charge < -0.3 is 4.52 Å². The minimum Gasteiger partial charge on any atom is -0.356 e. The summed E-state index contributed by atoms with van der Waals surface area (Å²) in [5.74, 6) is 0. The number of aryl methyl sites for hydroxylation is 1. The van der Waals surface area contributed by atoms with Crippen molar-refractivity contribution in [3.8, 4) is 0 Å². The van der Waals surface area contributed by atoms with Crippen LogP contribution in [0.5, 0.6) is 0 Å². The van der Waals surface area contributed by atoms with E-state index in [1.807, 2.05) is 6.07 Å². The normalized spacial score (nSPS) is 12.3. The molecule has 0 bridgehead atoms. The third kappa shape index (κ3) is 1.41. The molecule has 2 rings (SSSR count). The summed E-state index contributed by atoms with van der Waals surface area (Å²) in [6.07, 6.45) is 0. The second-order valence-corrected chi connectivity index (χ2v) is 4.78. The van der Waals surface area contributed by atoms with Gasteiger partial charge in [-0.2, -0.15) is 0 Å². The fourth-order valence-corrected chi connectivity index (χ4v) is 1.59. The van der Waals surface area contributed by atoms with E-state index in [9.17, 15) is 0 Å². The van der Waals surface area contributed by atoms with Crippen molar-refractivity contribution >= 4 is 11.0 Å². The van der Waals surface area contributed by atoms with Crippen LogP contribution in [0.4, 0.5) is 0 Å². The molecule has 0 saturated carbocycles. The highest BCUT2D eigenvalue weighted by molar-refractivity contribution is 5.80. The van der Waals surface area contributed by atoms with E-state index in [2.05, 4.69) is 45.0 Å². The Balaban J connectivity index is 2.70. The van der Waals surface area contributed by atoms with E-state index in [0.717, 1.165) is 16.7 Å². The minimum absolute atomic E-state index is 0.0422. The summed E-state index contributed by atoms with van der Waals surface area (Å²) in [5, 5.41) is 5.26. The molecule has 1 aromatic heterocycles. The van der Waals surface area contributed by atoms with Gasteiger partial charge in [0.1, 0.15) is 0 Å². The fourth-order valence-electron chi connectivity index (χ4n) is 1.59. The maximum Gasteiger partial charge on any atom is 0.167 e. The lowest BCUT2D eigenvalue weighted by atomic mass is 9.90. The number of fused-ring (bicyclic) bond motifs is 1. The van der Waals surface area contributed by atoms with Crippen molar-refractivity contribution in [1.29, 1.82) is 0 Å². The van der Waals surface area contributed by atoms with Gasteiger partial charge in [-0.15, -0.1) is 0 Å². The summed E-state index contributed by atoms with van der Waals surface area (Å²) in [6, 6.07) is 6.20. The first kappa shape index (κ1) is 9.25. The Hall–Kier alpha value is -1.31. The zero-order valence-corrected chi connectivity index (χ0v) is 9.09. The summed E-state index contributed by atoms with van der Waals surface area (Å²) >= 11 is 0. The van der Waals surface area contributed by atoms with Crippen LogP contribution in [0.3, 0.4) is 0 Å². The zero-order valence-electron chi connectivity index (χ0n) is 9.09. The summed E-state index contributed by atoms with van der Waals surface area (Å²) < 4.78 is 5.31. The fraction of sp³-hybridized carbons (Fsp3) is 0.417. The molecule has 0 amide bonds. The van der Waals surface area contributed by atoms with E-state index in [0.29, 0.717) is 0 Å².